The second kappa shape index (κ2) is 4.72. The molecule has 0 spiro atoms. The summed E-state index contributed by atoms with van der Waals surface area (Å²) in [6.45, 7) is 0. The van der Waals surface area contributed by atoms with E-state index in [0.29, 0.717) is 11.3 Å². The highest BCUT2D eigenvalue weighted by Crippen LogP contribution is 2.20. The molecule has 1 heterocycles. The van der Waals surface area contributed by atoms with E-state index in [1.165, 1.54) is 24.3 Å². The molecule has 0 aliphatic heterocycles. The Morgan fingerprint density at radius 3 is 2.83 bits per heavy atom. The summed E-state index contributed by atoms with van der Waals surface area (Å²) in [6.07, 6.45) is 0.925. The number of nitriles is 1. The first-order chi connectivity index (χ1) is 8.51. The molecule has 2 aromatic rings. The normalized spacial score (nSPS) is 10.9. The van der Waals surface area contributed by atoms with Crippen LogP contribution in [0, 0.1) is 16.5 Å². The van der Waals surface area contributed by atoms with Crippen molar-refractivity contribution in [2.45, 2.75) is 4.90 Å². The fraction of sp³-hybridized carbons (Fsp3) is 0. The molecule has 18 heavy (non-hydrogen) atoms. The molecule has 0 aliphatic carbocycles. The van der Waals surface area contributed by atoms with Crippen molar-refractivity contribution in [1.82, 2.24) is 4.98 Å². The van der Waals surface area contributed by atoms with E-state index in [1.54, 1.807) is 0 Å². The van der Waals surface area contributed by atoms with Crippen LogP contribution >= 0.6 is 11.3 Å². The number of anilines is 1. The fourth-order valence-electron chi connectivity index (χ4n) is 1.21. The topological polar surface area (TPSA) is 82.8 Å². The van der Waals surface area contributed by atoms with Crippen LogP contribution in [0.3, 0.4) is 0 Å². The molecule has 1 N–H and O–H groups in total. The van der Waals surface area contributed by atoms with Crippen molar-refractivity contribution >= 4 is 26.5 Å². The highest BCUT2D eigenvalue weighted by atomic mass is 32.2. The molecule has 0 saturated heterocycles. The highest BCUT2D eigenvalue weighted by molar-refractivity contribution is 7.93. The molecule has 0 radical (unpaired) electrons. The molecule has 1 aromatic heterocycles. The monoisotopic (exact) mass is 283 g/mol. The third kappa shape index (κ3) is 2.64. The molecule has 2 rings (SSSR count). The van der Waals surface area contributed by atoms with Crippen molar-refractivity contribution in [2.75, 3.05) is 4.72 Å². The van der Waals surface area contributed by atoms with E-state index >= 15 is 0 Å². The molecule has 1 aromatic carbocycles. The third-order valence-electron chi connectivity index (χ3n) is 1.97. The lowest BCUT2D eigenvalue weighted by Crippen LogP contribution is -2.12. The summed E-state index contributed by atoms with van der Waals surface area (Å²) in [6, 6.07) is 7.35. The molecule has 0 unspecified atom stereocenters. The first-order valence-electron chi connectivity index (χ1n) is 4.65. The lowest BCUT2D eigenvalue weighted by Gasteiger charge is -2.04. The first kappa shape index (κ1) is 12.5. The average molecular weight is 283 g/mol. The van der Waals surface area contributed by atoms with E-state index < -0.39 is 15.2 Å². The van der Waals surface area contributed by atoms with Gasteiger partial charge < -0.3 is 0 Å². The molecule has 0 aliphatic rings. The Hall–Kier alpha value is -1.98. The predicted molar refractivity (Wildman–Crippen MR) is 64.0 cm³/mol. The predicted octanol–water partition coefficient (Wildman–Crippen LogP) is 1.95. The Morgan fingerprint density at radius 1 is 1.44 bits per heavy atom. The molecule has 92 valence electrons. The van der Waals surface area contributed by atoms with Crippen LogP contribution in [0.2, 0.25) is 0 Å². The van der Waals surface area contributed by atoms with Gasteiger partial charge in [-0.15, -0.1) is 0 Å². The van der Waals surface area contributed by atoms with Crippen LogP contribution in [-0.4, -0.2) is 13.4 Å². The van der Waals surface area contributed by atoms with E-state index in [1.807, 2.05) is 6.07 Å². The van der Waals surface area contributed by atoms with Crippen molar-refractivity contribution in [3.05, 3.63) is 41.2 Å². The third-order valence-corrected chi connectivity index (χ3v) is 4.14. The lowest BCUT2D eigenvalue weighted by molar-refractivity contribution is 0.601. The van der Waals surface area contributed by atoms with Crippen LogP contribution in [-0.2, 0) is 10.0 Å². The maximum absolute atomic E-state index is 12.7. The SMILES string of the molecule is N#Cc1cccc(S(=O)(=O)Nc2ncc(F)s2)c1. The van der Waals surface area contributed by atoms with Crippen molar-refractivity contribution in [3.8, 4) is 6.07 Å². The van der Waals surface area contributed by atoms with Gasteiger partial charge in [-0.2, -0.15) is 9.65 Å². The van der Waals surface area contributed by atoms with Crippen LogP contribution in [0.15, 0.2) is 35.4 Å². The molecule has 5 nitrogen and oxygen atoms in total. The maximum atomic E-state index is 12.7. The van der Waals surface area contributed by atoms with Crippen molar-refractivity contribution in [3.63, 3.8) is 0 Å². The zero-order valence-electron chi connectivity index (χ0n) is 8.79. The number of rotatable bonds is 3. The van der Waals surface area contributed by atoms with E-state index in [2.05, 4.69) is 9.71 Å². The van der Waals surface area contributed by atoms with Crippen LogP contribution in [0.25, 0.3) is 0 Å². The first-order valence-corrected chi connectivity index (χ1v) is 6.95. The molecular weight excluding hydrogens is 277 g/mol. The Balaban J connectivity index is 2.34. The molecule has 0 atom stereocenters. The van der Waals surface area contributed by atoms with Gasteiger partial charge in [-0.25, -0.2) is 13.4 Å². The lowest BCUT2D eigenvalue weighted by atomic mass is 10.2. The standard InChI is InChI=1S/C10H6FN3O2S2/c11-9-6-13-10(17-9)14-18(15,16)8-3-1-2-7(4-8)5-12/h1-4,6H,(H,13,14). The minimum Gasteiger partial charge on any atom is -0.255 e. The Kier molecular flexibility index (Phi) is 3.27. The van der Waals surface area contributed by atoms with Crippen LogP contribution < -0.4 is 4.72 Å². The van der Waals surface area contributed by atoms with Crippen molar-refractivity contribution < 1.29 is 12.8 Å². The molecule has 0 amide bonds. The van der Waals surface area contributed by atoms with Gasteiger partial charge in [0.25, 0.3) is 10.0 Å². The summed E-state index contributed by atoms with van der Waals surface area (Å²) in [7, 11) is -3.85. The molecule has 0 saturated carbocycles. The van der Waals surface area contributed by atoms with E-state index in [0.717, 1.165) is 6.20 Å². The molecule has 0 fully saturated rings. The van der Waals surface area contributed by atoms with Crippen LogP contribution in [0.4, 0.5) is 9.52 Å². The number of hydrogen-bond acceptors (Lipinski definition) is 5. The number of nitrogens with zero attached hydrogens (tertiary/aromatic N) is 2. The van der Waals surface area contributed by atoms with Gasteiger partial charge in [0, 0.05) is 0 Å². The fourth-order valence-corrected chi connectivity index (χ4v) is 3.04. The van der Waals surface area contributed by atoms with E-state index in [-0.39, 0.29) is 15.6 Å². The second-order valence-corrected chi connectivity index (χ2v) is 5.88. The molecule has 8 heteroatoms. The smallest absolute Gasteiger partial charge is 0.255 e. The van der Waals surface area contributed by atoms with Gasteiger partial charge >= 0.3 is 0 Å². The summed E-state index contributed by atoms with van der Waals surface area (Å²) < 4.78 is 38.6. The quantitative estimate of drug-likeness (QED) is 0.933. The molecule has 0 bridgehead atoms. The van der Waals surface area contributed by atoms with Crippen molar-refractivity contribution in [1.29, 1.82) is 5.26 Å². The molecular formula is C10H6FN3O2S2. The van der Waals surface area contributed by atoms with Crippen molar-refractivity contribution in [2.24, 2.45) is 0 Å². The second-order valence-electron chi connectivity index (χ2n) is 3.21. The zero-order valence-corrected chi connectivity index (χ0v) is 10.4. The number of aromatic nitrogens is 1. The summed E-state index contributed by atoms with van der Waals surface area (Å²) in [5.41, 5.74) is 0.225. The number of thiazole rings is 1. The van der Waals surface area contributed by atoms with Gasteiger partial charge in [0.2, 0.25) is 0 Å². The van der Waals surface area contributed by atoms with Gasteiger partial charge in [0.05, 0.1) is 22.7 Å². The Morgan fingerprint density at radius 2 is 2.22 bits per heavy atom. The summed E-state index contributed by atoms with van der Waals surface area (Å²) in [5, 5.41) is 8.05. The minimum absolute atomic E-state index is 0.0603. The summed E-state index contributed by atoms with van der Waals surface area (Å²) in [5.74, 6) is 0. The minimum atomic E-state index is -3.85. The maximum Gasteiger partial charge on any atom is 0.263 e. The van der Waals surface area contributed by atoms with Gasteiger partial charge in [0.1, 0.15) is 0 Å². The van der Waals surface area contributed by atoms with Gasteiger partial charge in [-0.3, -0.25) is 4.72 Å². The summed E-state index contributed by atoms with van der Waals surface area (Å²) in [4.78, 5) is 3.49. The van der Waals surface area contributed by atoms with E-state index in [9.17, 15) is 12.8 Å². The number of sulfonamides is 1. The average Bonchev–Trinajstić information content (AvgIpc) is 2.74. The van der Waals surface area contributed by atoms with Gasteiger partial charge in [-0.1, -0.05) is 17.4 Å². The summed E-state index contributed by atoms with van der Waals surface area (Å²) >= 11 is 0.586. The van der Waals surface area contributed by atoms with Crippen LogP contribution in [0.1, 0.15) is 5.56 Å². The zero-order chi connectivity index (χ0) is 13.2. The van der Waals surface area contributed by atoms with E-state index in [4.69, 9.17) is 5.26 Å². The Bertz CT molecular complexity index is 719. The van der Waals surface area contributed by atoms with Gasteiger partial charge in [-0.05, 0) is 18.2 Å². The Labute approximate surface area is 107 Å². The number of halogens is 1. The highest BCUT2D eigenvalue weighted by Gasteiger charge is 2.16. The number of benzene rings is 1. The largest absolute Gasteiger partial charge is 0.263 e. The van der Waals surface area contributed by atoms with Crippen LogP contribution in [0.5, 0.6) is 0 Å². The van der Waals surface area contributed by atoms with Gasteiger partial charge in [0.15, 0.2) is 10.3 Å². The number of nitrogens with one attached hydrogen (secondary N) is 1. The number of hydrogen-bond donors (Lipinski definition) is 1.